The number of carbonyl (C=O) groups excluding carboxylic acids is 1. The van der Waals surface area contributed by atoms with Gasteiger partial charge in [0.15, 0.2) is 0 Å². The van der Waals surface area contributed by atoms with Crippen molar-refractivity contribution in [2.75, 3.05) is 6.54 Å². The number of nitrogens with one attached hydrogen (secondary N) is 2. The zero-order valence-corrected chi connectivity index (χ0v) is 10.9. The lowest BCUT2D eigenvalue weighted by Crippen LogP contribution is -2.37. The Labute approximate surface area is 99.4 Å². The van der Waals surface area contributed by atoms with Gasteiger partial charge in [-0.3, -0.25) is 4.79 Å². The molecule has 1 amide bonds. The van der Waals surface area contributed by atoms with Gasteiger partial charge >= 0.3 is 0 Å². The molecule has 3 nitrogen and oxygen atoms in total. The van der Waals surface area contributed by atoms with Crippen LogP contribution in [0.15, 0.2) is 0 Å². The second-order valence-electron chi connectivity index (χ2n) is 5.26. The number of hydrogen-bond donors (Lipinski definition) is 2. The van der Waals surface area contributed by atoms with Gasteiger partial charge in [0, 0.05) is 25.0 Å². The lowest BCUT2D eigenvalue weighted by atomic mass is 10.00. The maximum absolute atomic E-state index is 11.4. The molecule has 1 saturated carbocycles. The Morgan fingerprint density at radius 1 is 1.25 bits per heavy atom. The topological polar surface area (TPSA) is 41.1 Å². The van der Waals surface area contributed by atoms with Gasteiger partial charge in [-0.1, -0.05) is 12.8 Å². The maximum atomic E-state index is 11.4. The molecule has 0 spiro atoms. The van der Waals surface area contributed by atoms with Gasteiger partial charge in [-0.25, -0.2) is 0 Å². The van der Waals surface area contributed by atoms with E-state index in [4.69, 9.17) is 0 Å². The molecule has 0 aromatic heterocycles. The lowest BCUT2D eigenvalue weighted by molar-refractivity contribution is -0.121. The average Bonchev–Trinajstić information content (AvgIpc) is 2.68. The zero-order chi connectivity index (χ0) is 12.0. The van der Waals surface area contributed by atoms with Crippen LogP contribution in [0.2, 0.25) is 0 Å². The van der Waals surface area contributed by atoms with Crippen LogP contribution in [0.1, 0.15) is 52.9 Å². The Hall–Kier alpha value is -0.570. The van der Waals surface area contributed by atoms with Gasteiger partial charge in [-0.05, 0) is 39.5 Å². The largest absolute Gasteiger partial charge is 0.354 e. The van der Waals surface area contributed by atoms with Gasteiger partial charge in [0.2, 0.25) is 5.91 Å². The molecule has 2 N–H and O–H groups in total. The fraction of sp³-hybridized carbons (Fsp3) is 0.923. The summed E-state index contributed by atoms with van der Waals surface area (Å²) in [5, 5.41) is 6.37. The van der Waals surface area contributed by atoms with Crippen LogP contribution in [0.4, 0.5) is 0 Å². The first-order valence-corrected chi connectivity index (χ1v) is 6.62. The summed E-state index contributed by atoms with van der Waals surface area (Å²) >= 11 is 0. The molecule has 0 radical (unpaired) electrons. The van der Waals surface area contributed by atoms with Gasteiger partial charge in [0.25, 0.3) is 0 Å². The highest BCUT2D eigenvalue weighted by Crippen LogP contribution is 2.27. The maximum Gasteiger partial charge on any atom is 0.221 e. The molecule has 0 unspecified atom stereocenters. The van der Waals surface area contributed by atoms with Crippen LogP contribution < -0.4 is 10.6 Å². The van der Waals surface area contributed by atoms with Crippen molar-refractivity contribution in [3.63, 3.8) is 0 Å². The lowest BCUT2D eigenvalue weighted by Gasteiger charge is -2.20. The van der Waals surface area contributed by atoms with E-state index in [9.17, 15) is 4.79 Å². The minimum atomic E-state index is 0.154. The van der Waals surface area contributed by atoms with Crippen LogP contribution in [-0.2, 0) is 4.79 Å². The van der Waals surface area contributed by atoms with Crippen LogP contribution in [0.5, 0.6) is 0 Å². The zero-order valence-electron chi connectivity index (χ0n) is 10.9. The molecule has 1 rings (SSSR count). The summed E-state index contributed by atoms with van der Waals surface area (Å²) in [6.07, 6.45) is 6.06. The van der Waals surface area contributed by atoms with Gasteiger partial charge in [-0.2, -0.15) is 0 Å². The third-order valence-corrected chi connectivity index (χ3v) is 3.37. The molecule has 16 heavy (non-hydrogen) atoms. The molecule has 0 heterocycles. The molecular formula is C13H26N2O. The van der Waals surface area contributed by atoms with E-state index in [1.165, 1.54) is 25.7 Å². The van der Waals surface area contributed by atoms with Crippen LogP contribution >= 0.6 is 0 Å². The fourth-order valence-corrected chi connectivity index (χ4v) is 2.43. The van der Waals surface area contributed by atoms with Crippen LogP contribution in [-0.4, -0.2) is 24.5 Å². The Kier molecular flexibility index (Phi) is 5.81. The average molecular weight is 226 g/mol. The third-order valence-electron chi connectivity index (χ3n) is 3.37. The molecule has 0 saturated heterocycles. The van der Waals surface area contributed by atoms with Crippen molar-refractivity contribution in [1.29, 1.82) is 0 Å². The Morgan fingerprint density at radius 3 is 2.44 bits per heavy atom. The van der Waals surface area contributed by atoms with E-state index in [-0.39, 0.29) is 11.9 Å². The van der Waals surface area contributed by atoms with Gasteiger partial charge < -0.3 is 10.6 Å². The van der Waals surface area contributed by atoms with E-state index in [2.05, 4.69) is 17.6 Å². The van der Waals surface area contributed by atoms with Crippen molar-refractivity contribution in [1.82, 2.24) is 10.6 Å². The number of amides is 1. The van der Waals surface area contributed by atoms with Crippen molar-refractivity contribution in [2.45, 2.75) is 65.0 Å². The van der Waals surface area contributed by atoms with E-state index in [1.54, 1.807) is 0 Å². The second kappa shape index (κ2) is 6.89. The summed E-state index contributed by atoms with van der Waals surface area (Å²) in [6, 6.07) is 0.814. The van der Waals surface area contributed by atoms with Gasteiger partial charge in [0.1, 0.15) is 0 Å². The molecule has 3 heteroatoms. The summed E-state index contributed by atoms with van der Waals surface area (Å²) in [6.45, 7) is 7.03. The molecule has 0 aromatic rings. The summed E-state index contributed by atoms with van der Waals surface area (Å²) < 4.78 is 0. The van der Waals surface area contributed by atoms with Crippen molar-refractivity contribution >= 4 is 5.91 Å². The first kappa shape index (κ1) is 13.5. The summed E-state index contributed by atoms with van der Waals surface area (Å²) in [5.41, 5.74) is 0. The molecule has 0 aliphatic heterocycles. The summed E-state index contributed by atoms with van der Waals surface area (Å²) in [7, 11) is 0. The first-order chi connectivity index (χ1) is 7.59. The highest BCUT2D eigenvalue weighted by Gasteiger charge is 2.20. The molecule has 1 aliphatic rings. The molecule has 1 fully saturated rings. The molecule has 1 aliphatic carbocycles. The minimum absolute atomic E-state index is 0.154. The van der Waals surface area contributed by atoms with Crippen LogP contribution in [0.25, 0.3) is 0 Å². The Bertz CT molecular complexity index is 210. The van der Waals surface area contributed by atoms with E-state index in [1.807, 2.05) is 13.8 Å². The van der Waals surface area contributed by atoms with Crippen LogP contribution in [0.3, 0.4) is 0 Å². The van der Waals surface area contributed by atoms with Crippen LogP contribution in [0, 0.1) is 5.92 Å². The van der Waals surface area contributed by atoms with Crippen molar-refractivity contribution in [2.24, 2.45) is 5.92 Å². The number of carbonyl (C=O) groups is 1. The van der Waals surface area contributed by atoms with E-state index in [0.29, 0.717) is 12.5 Å². The third kappa shape index (κ3) is 4.97. The predicted octanol–water partition coefficient (Wildman–Crippen LogP) is 2.07. The molecule has 0 bridgehead atoms. The normalized spacial score (nSPS) is 19.0. The highest BCUT2D eigenvalue weighted by molar-refractivity contribution is 5.76. The molecule has 1 atom stereocenters. The van der Waals surface area contributed by atoms with E-state index in [0.717, 1.165) is 12.5 Å². The SMILES string of the molecule is CC(C)NC(=O)CCN[C@H](C)C1CCCC1. The number of rotatable bonds is 6. The van der Waals surface area contributed by atoms with Gasteiger partial charge in [0.05, 0.1) is 0 Å². The van der Waals surface area contributed by atoms with E-state index >= 15 is 0 Å². The van der Waals surface area contributed by atoms with Crippen molar-refractivity contribution in [3.05, 3.63) is 0 Å². The first-order valence-electron chi connectivity index (χ1n) is 6.62. The fourth-order valence-electron chi connectivity index (χ4n) is 2.43. The highest BCUT2D eigenvalue weighted by atomic mass is 16.1. The molecule has 94 valence electrons. The van der Waals surface area contributed by atoms with Gasteiger partial charge in [-0.15, -0.1) is 0 Å². The monoisotopic (exact) mass is 226 g/mol. The minimum Gasteiger partial charge on any atom is -0.354 e. The van der Waals surface area contributed by atoms with Crippen molar-refractivity contribution < 1.29 is 4.79 Å². The Morgan fingerprint density at radius 2 is 1.88 bits per heavy atom. The number of hydrogen-bond acceptors (Lipinski definition) is 2. The molecule has 0 aromatic carbocycles. The smallest absolute Gasteiger partial charge is 0.221 e. The summed E-state index contributed by atoms with van der Waals surface area (Å²) in [5.74, 6) is 0.981. The second-order valence-corrected chi connectivity index (χ2v) is 5.26. The van der Waals surface area contributed by atoms with E-state index < -0.39 is 0 Å². The quantitative estimate of drug-likeness (QED) is 0.728. The van der Waals surface area contributed by atoms with Crippen molar-refractivity contribution in [3.8, 4) is 0 Å². The molecular weight excluding hydrogens is 200 g/mol. The Balaban J connectivity index is 2.07. The standard InChI is InChI=1S/C13H26N2O/c1-10(2)15-13(16)8-9-14-11(3)12-6-4-5-7-12/h10-12,14H,4-9H2,1-3H3,(H,15,16)/t11-/m1/s1. The predicted molar refractivity (Wildman–Crippen MR) is 67.3 cm³/mol. The summed E-state index contributed by atoms with van der Waals surface area (Å²) in [4.78, 5) is 11.4.